The number of nitrogens with zero attached hydrogens (tertiary/aromatic N) is 1. The molecule has 0 spiro atoms. The minimum absolute atomic E-state index is 0.104. The van der Waals surface area contributed by atoms with Gasteiger partial charge in [-0.25, -0.2) is 4.79 Å². The molecule has 0 unspecified atom stereocenters. The molecule has 2 N–H and O–H groups in total. The van der Waals surface area contributed by atoms with Gasteiger partial charge in [0.2, 0.25) is 0 Å². The molecule has 1 saturated heterocycles. The third-order valence-corrected chi connectivity index (χ3v) is 5.51. The number of hydrogen-bond acceptors (Lipinski definition) is 2. The molecule has 0 radical (unpaired) electrons. The highest BCUT2D eigenvalue weighted by Gasteiger charge is 2.55. The van der Waals surface area contributed by atoms with Gasteiger partial charge in [0.1, 0.15) is 0 Å². The summed E-state index contributed by atoms with van der Waals surface area (Å²) >= 11 is 0. The number of rotatable bonds is 3. The number of benzene rings is 1. The van der Waals surface area contributed by atoms with Crippen LogP contribution in [0.25, 0.3) is 0 Å². The van der Waals surface area contributed by atoms with Gasteiger partial charge in [0.15, 0.2) is 0 Å². The van der Waals surface area contributed by atoms with E-state index in [1.807, 2.05) is 26.0 Å². The van der Waals surface area contributed by atoms with Gasteiger partial charge < -0.3 is 15.3 Å². The summed E-state index contributed by atoms with van der Waals surface area (Å²) in [7, 11) is 0. The highest BCUT2D eigenvalue weighted by Crippen LogP contribution is 2.48. The predicted octanol–water partition coefficient (Wildman–Crippen LogP) is 2.70. The first-order valence-electron chi connectivity index (χ1n) is 8.25. The van der Waals surface area contributed by atoms with Gasteiger partial charge >= 0.3 is 12.0 Å². The molecule has 0 bridgehead atoms. The minimum atomic E-state index is -0.746. The number of aliphatic carboxylic acids is 1. The molecule has 5 heteroatoms. The molecule has 2 atom stereocenters. The monoisotopic (exact) mass is 316 g/mol. The lowest BCUT2D eigenvalue weighted by Crippen LogP contribution is -2.41. The fourth-order valence-corrected chi connectivity index (χ4v) is 4.12. The number of aryl methyl sites for hydroxylation is 2. The van der Waals surface area contributed by atoms with Crippen LogP contribution in [0.3, 0.4) is 0 Å². The van der Waals surface area contributed by atoms with E-state index in [1.54, 1.807) is 4.90 Å². The van der Waals surface area contributed by atoms with Crippen molar-refractivity contribution in [1.29, 1.82) is 0 Å². The second-order valence-corrected chi connectivity index (χ2v) is 7.02. The number of urea groups is 1. The van der Waals surface area contributed by atoms with Gasteiger partial charge in [-0.1, -0.05) is 30.2 Å². The zero-order valence-electron chi connectivity index (χ0n) is 13.8. The quantitative estimate of drug-likeness (QED) is 0.901. The Morgan fingerprint density at radius 1 is 1.39 bits per heavy atom. The van der Waals surface area contributed by atoms with Crippen molar-refractivity contribution < 1.29 is 14.7 Å². The van der Waals surface area contributed by atoms with Crippen molar-refractivity contribution >= 4 is 12.0 Å². The molecule has 2 amide bonds. The van der Waals surface area contributed by atoms with Crippen molar-refractivity contribution in [2.24, 2.45) is 11.3 Å². The molecule has 1 aromatic rings. The summed E-state index contributed by atoms with van der Waals surface area (Å²) in [5.41, 5.74) is 2.74. The summed E-state index contributed by atoms with van der Waals surface area (Å²) in [6.45, 7) is 5.46. The highest BCUT2D eigenvalue weighted by atomic mass is 16.4. The lowest BCUT2D eigenvalue weighted by Gasteiger charge is -2.23. The van der Waals surface area contributed by atoms with Crippen molar-refractivity contribution in [2.45, 2.75) is 39.7 Å². The van der Waals surface area contributed by atoms with E-state index in [0.29, 0.717) is 26.1 Å². The number of hydrogen-bond donors (Lipinski definition) is 2. The van der Waals surface area contributed by atoms with E-state index in [0.717, 1.165) is 24.0 Å². The van der Waals surface area contributed by atoms with Crippen LogP contribution in [-0.4, -0.2) is 35.1 Å². The van der Waals surface area contributed by atoms with E-state index in [2.05, 4.69) is 11.4 Å². The Bertz CT molecular complexity index is 643. The number of nitrogens with one attached hydrogen (secondary N) is 1. The molecule has 1 aliphatic heterocycles. The molecule has 1 saturated carbocycles. The molecule has 23 heavy (non-hydrogen) atoms. The largest absolute Gasteiger partial charge is 0.481 e. The van der Waals surface area contributed by atoms with Crippen LogP contribution in [0.1, 0.15) is 36.0 Å². The third-order valence-electron chi connectivity index (χ3n) is 5.51. The molecule has 5 nitrogen and oxygen atoms in total. The zero-order chi connectivity index (χ0) is 16.6. The smallest absolute Gasteiger partial charge is 0.317 e. The van der Waals surface area contributed by atoms with Crippen LogP contribution >= 0.6 is 0 Å². The van der Waals surface area contributed by atoms with Gasteiger partial charge in [-0.3, -0.25) is 4.79 Å². The molecule has 0 aromatic heterocycles. The fraction of sp³-hybridized carbons (Fsp3) is 0.556. The third kappa shape index (κ3) is 2.80. The average molecular weight is 316 g/mol. The summed E-state index contributed by atoms with van der Waals surface area (Å²) < 4.78 is 0. The minimum Gasteiger partial charge on any atom is -0.481 e. The van der Waals surface area contributed by atoms with Crippen LogP contribution in [0.5, 0.6) is 0 Å². The van der Waals surface area contributed by atoms with Crippen LogP contribution in [0.4, 0.5) is 4.79 Å². The van der Waals surface area contributed by atoms with Gasteiger partial charge in [-0.05, 0) is 43.7 Å². The number of amides is 2. The topological polar surface area (TPSA) is 69.6 Å². The van der Waals surface area contributed by atoms with Gasteiger partial charge in [0.05, 0.1) is 5.41 Å². The SMILES string of the molecule is Cc1ccc(CNC(=O)N2C[C@@H]3CCC[C@@]3(C(=O)O)C2)c(C)c1. The first kappa shape index (κ1) is 15.8. The van der Waals surface area contributed by atoms with E-state index in [4.69, 9.17) is 0 Å². The van der Waals surface area contributed by atoms with Crippen molar-refractivity contribution in [2.75, 3.05) is 13.1 Å². The Labute approximate surface area is 136 Å². The van der Waals surface area contributed by atoms with E-state index in [1.165, 1.54) is 5.56 Å². The second-order valence-electron chi connectivity index (χ2n) is 7.02. The van der Waals surface area contributed by atoms with E-state index in [-0.39, 0.29) is 11.9 Å². The van der Waals surface area contributed by atoms with E-state index < -0.39 is 11.4 Å². The molecule has 1 aliphatic carbocycles. The maximum Gasteiger partial charge on any atom is 0.317 e. The van der Waals surface area contributed by atoms with Gasteiger partial charge in [-0.15, -0.1) is 0 Å². The summed E-state index contributed by atoms with van der Waals surface area (Å²) in [6, 6.07) is 6.01. The standard InChI is InChI=1S/C18H24N2O3/c1-12-5-6-14(13(2)8-12)9-19-17(23)20-10-15-4-3-7-18(15,11-20)16(21)22/h5-6,8,15H,3-4,7,9-11H2,1-2H3,(H,19,23)(H,21,22)/t15-,18+/m0/s1. The summed E-state index contributed by atoms with van der Waals surface area (Å²) in [5.74, 6) is -0.642. The van der Waals surface area contributed by atoms with Gasteiger partial charge in [0.25, 0.3) is 0 Å². The Balaban J connectivity index is 1.63. The molecular formula is C18H24N2O3. The van der Waals surface area contributed by atoms with Crippen molar-refractivity contribution in [3.8, 4) is 0 Å². The van der Waals surface area contributed by atoms with Crippen molar-refractivity contribution in [1.82, 2.24) is 10.2 Å². The Morgan fingerprint density at radius 2 is 2.17 bits per heavy atom. The van der Waals surface area contributed by atoms with Crippen LogP contribution in [-0.2, 0) is 11.3 Å². The Hall–Kier alpha value is -2.04. The van der Waals surface area contributed by atoms with Gasteiger partial charge in [-0.2, -0.15) is 0 Å². The molecule has 1 heterocycles. The van der Waals surface area contributed by atoms with Crippen molar-refractivity contribution in [3.63, 3.8) is 0 Å². The number of carboxylic acid groups (broad SMARTS) is 1. The first-order chi connectivity index (χ1) is 10.9. The van der Waals surface area contributed by atoms with Crippen molar-refractivity contribution in [3.05, 3.63) is 34.9 Å². The first-order valence-corrected chi connectivity index (χ1v) is 8.25. The lowest BCUT2D eigenvalue weighted by atomic mass is 9.81. The zero-order valence-corrected chi connectivity index (χ0v) is 13.8. The molecule has 2 fully saturated rings. The summed E-state index contributed by atoms with van der Waals surface area (Å²) in [5, 5.41) is 12.5. The lowest BCUT2D eigenvalue weighted by molar-refractivity contribution is -0.149. The average Bonchev–Trinajstić information content (AvgIpc) is 3.04. The summed E-state index contributed by atoms with van der Waals surface area (Å²) in [4.78, 5) is 25.8. The summed E-state index contributed by atoms with van der Waals surface area (Å²) in [6.07, 6.45) is 2.55. The Kier molecular flexibility index (Phi) is 4.04. The Morgan fingerprint density at radius 3 is 2.83 bits per heavy atom. The normalized spacial score (nSPS) is 26.2. The molecule has 2 aliphatic rings. The van der Waals surface area contributed by atoms with E-state index >= 15 is 0 Å². The molecule has 124 valence electrons. The van der Waals surface area contributed by atoms with E-state index in [9.17, 15) is 14.7 Å². The highest BCUT2D eigenvalue weighted by molar-refractivity contribution is 5.80. The number of carbonyl (C=O) groups excluding carboxylic acids is 1. The fourth-order valence-electron chi connectivity index (χ4n) is 4.12. The molecule has 3 rings (SSSR count). The second kappa shape index (κ2) is 5.87. The number of carboxylic acids is 1. The van der Waals surface area contributed by atoms with Crippen LogP contribution < -0.4 is 5.32 Å². The maximum absolute atomic E-state index is 12.4. The number of fused-ring (bicyclic) bond motifs is 1. The number of likely N-dealkylation sites (tertiary alicyclic amines) is 1. The van der Waals surface area contributed by atoms with Gasteiger partial charge in [0, 0.05) is 19.6 Å². The maximum atomic E-state index is 12.4. The van der Waals surface area contributed by atoms with Crippen LogP contribution in [0.15, 0.2) is 18.2 Å². The predicted molar refractivity (Wildman–Crippen MR) is 87.1 cm³/mol. The molecule has 1 aromatic carbocycles. The van der Waals surface area contributed by atoms with Crippen LogP contribution in [0, 0.1) is 25.2 Å². The number of carbonyl (C=O) groups is 2. The molecular weight excluding hydrogens is 292 g/mol. The van der Waals surface area contributed by atoms with Crippen LogP contribution in [0.2, 0.25) is 0 Å².